The highest BCUT2D eigenvalue weighted by Crippen LogP contribution is 2.45. The van der Waals surface area contributed by atoms with Crippen LogP contribution in [0.3, 0.4) is 0 Å². The molecule has 208 valence electrons. The molecule has 1 aliphatic heterocycles. The molecule has 0 spiro atoms. The predicted octanol–water partition coefficient (Wildman–Crippen LogP) is 7.79. The summed E-state index contributed by atoms with van der Waals surface area (Å²) < 4.78 is 81.7. The standard InChI is InChI=1S/C26H29BF6N2O2Si2/c1-6-8-16-11-15-9-7-10-20(17-12-18(25(28,29)30)14-19(13-17)26(31,32)33)21(15)22(16)34-23(36)38(2,3)27-35-24(37)39(27,4)5/h7,9-14,22H,6,8H2,1-5H3,(H,34,36)(H,35,37). The van der Waals surface area contributed by atoms with Gasteiger partial charge in [-0.3, -0.25) is 9.59 Å². The number of hydrogen-bond donors (Lipinski definition) is 2. The molecule has 1 atom stereocenters. The van der Waals surface area contributed by atoms with E-state index in [2.05, 4.69) is 10.5 Å². The Morgan fingerprint density at radius 1 is 1.05 bits per heavy atom. The van der Waals surface area contributed by atoms with Crippen LogP contribution in [0.2, 0.25) is 26.2 Å². The Kier molecular flexibility index (Phi) is 7.25. The van der Waals surface area contributed by atoms with Crippen molar-refractivity contribution in [1.29, 1.82) is 0 Å². The van der Waals surface area contributed by atoms with E-state index in [1.54, 1.807) is 12.1 Å². The zero-order valence-electron chi connectivity index (χ0n) is 22.2. The minimum atomic E-state index is -4.98. The van der Waals surface area contributed by atoms with E-state index in [0.717, 1.165) is 24.1 Å². The number of halogens is 6. The summed E-state index contributed by atoms with van der Waals surface area (Å²) in [5.41, 5.74) is -1.11. The summed E-state index contributed by atoms with van der Waals surface area (Å²) in [5.74, 6) is 0. The van der Waals surface area contributed by atoms with Crippen LogP contribution in [0, 0.1) is 0 Å². The maximum Gasteiger partial charge on any atom is 0.416 e. The van der Waals surface area contributed by atoms with Gasteiger partial charge in [-0.25, -0.2) is 0 Å². The summed E-state index contributed by atoms with van der Waals surface area (Å²) in [6.07, 6.45) is -6.80. The Morgan fingerprint density at radius 3 is 2.13 bits per heavy atom. The van der Waals surface area contributed by atoms with Crippen LogP contribution in [0.25, 0.3) is 17.2 Å². The van der Waals surface area contributed by atoms with Crippen LogP contribution in [-0.4, -0.2) is 33.0 Å². The van der Waals surface area contributed by atoms with Crippen LogP contribution in [0.1, 0.15) is 48.1 Å². The Morgan fingerprint density at radius 2 is 1.64 bits per heavy atom. The molecular formula is C26H29BF6N2O2Si2. The maximum absolute atomic E-state index is 13.7. The summed E-state index contributed by atoms with van der Waals surface area (Å²) in [5, 5.41) is 6.00. The van der Waals surface area contributed by atoms with Crippen molar-refractivity contribution in [2.45, 2.75) is 64.3 Å². The average molecular weight is 583 g/mol. The number of carbonyl (C=O) groups excluding carboxylic acids is 2. The zero-order valence-corrected chi connectivity index (χ0v) is 24.2. The van der Waals surface area contributed by atoms with Crippen molar-refractivity contribution < 1.29 is 35.9 Å². The Hall–Kier alpha value is -2.80. The topological polar surface area (TPSA) is 58.2 Å². The minimum Gasteiger partial charge on any atom is -0.408 e. The van der Waals surface area contributed by atoms with Gasteiger partial charge in [0.25, 0.3) is 6.03 Å². The molecule has 1 aliphatic carbocycles. The monoisotopic (exact) mass is 582 g/mol. The van der Waals surface area contributed by atoms with Crippen LogP contribution in [0.5, 0.6) is 0 Å². The fourth-order valence-electron chi connectivity index (χ4n) is 5.61. The highest BCUT2D eigenvalue weighted by molar-refractivity contribution is 7.75. The first-order valence-corrected chi connectivity index (χ1v) is 18.8. The fraction of sp³-hybridized carbons (Fsp3) is 0.385. The highest BCUT2D eigenvalue weighted by atomic mass is 28.4. The lowest BCUT2D eigenvalue weighted by Gasteiger charge is -2.46. The van der Waals surface area contributed by atoms with Gasteiger partial charge in [-0.15, -0.1) is 0 Å². The van der Waals surface area contributed by atoms with Gasteiger partial charge in [-0.1, -0.05) is 63.8 Å². The molecule has 4 nitrogen and oxygen atoms in total. The first-order valence-electron chi connectivity index (χ1n) is 12.6. The van der Waals surface area contributed by atoms with E-state index in [1.807, 2.05) is 39.2 Å². The van der Waals surface area contributed by atoms with Crippen molar-refractivity contribution in [3.63, 3.8) is 0 Å². The van der Waals surface area contributed by atoms with Crippen LogP contribution in [0.15, 0.2) is 42.0 Å². The normalized spacial score (nSPS) is 18.7. The number of benzene rings is 2. The second-order valence-electron chi connectivity index (χ2n) is 11.3. The van der Waals surface area contributed by atoms with Crippen molar-refractivity contribution in [3.8, 4) is 11.1 Å². The second kappa shape index (κ2) is 9.68. The molecule has 2 N–H and O–H groups in total. The largest absolute Gasteiger partial charge is 0.416 e. The maximum atomic E-state index is 13.7. The Balaban J connectivity index is 1.81. The minimum absolute atomic E-state index is 0.00837. The van der Waals surface area contributed by atoms with Gasteiger partial charge in [-0.05, 0) is 52.4 Å². The van der Waals surface area contributed by atoms with Gasteiger partial charge in [0.05, 0.1) is 17.2 Å². The molecule has 2 aliphatic rings. The van der Waals surface area contributed by atoms with E-state index in [0.29, 0.717) is 17.5 Å². The predicted molar refractivity (Wildman–Crippen MR) is 145 cm³/mol. The van der Waals surface area contributed by atoms with Gasteiger partial charge in [0.15, 0.2) is 11.1 Å². The summed E-state index contributed by atoms with van der Waals surface area (Å²) in [7, 11) is -5.08. The first kappa shape index (κ1) is 29.2. The number of alkyl halides is 6. The SMILES string of the molecule is CCCC1=Cc2cccc(-c3cc(C(F)(F)F)cc(C(F)(F)F)c3)c2C1NC(=O)[Si](C)(C)B1NC(=O)[Si]1(C)C. The Bertz CT molecular complexity index is 1340. The smallest absolute Gasteiger partial charge is 0.408 e. The van der Waals surface area contributed by atoms with Gasteiger partial charge < -0.3 is 10.5 Å². The van der Waals surface area contributed by atoms with Crippen molar-refractivity contribution in [2.24, 2.45) is 0 Å². The molecule has 4 rings (SSSR count). The van der Waals surface area contributed by atoms with E-state index in [9.17, 15) is 35.9 Å². The third-order valence-electron chi connectivity index (χ3n) is 7.74. The second-order valence-corrected chi connectivity index (χ2v) is 20.9. The van der Waals surface area contributed by atoms with E-state index in [1.165, 1.54) is 6.07 Å². The van der Waals surface area contributed by atoms with Crippen molar-refractivity contribution >= 4 is 39.1 Å². The van der Waals surface area contributed by atoms with Crippen molar-refractivity contribution in [1.82, 2.24) is 10.5 Å². The summed E-state index contributed by atoms with van der Waals surface area (Å²) >= 11 is 0. The zero-order chi connectivity index (χ0) is 29.1. The van der Waals surface area contributed by atoms with E-state index in [4.69, 9.17) is 0 Å². The van der Waals surface area contributed by atoms with Crippen LogP contribution < -0.4 is 10.5 Å². The van der Waals surface area contributed by atoms with E-state index in [-0.39, 0.29) is 34.3 Å². The first-order chi connectivity index (χ1) is 17.9. The lowest BCUT2D eigenvalue weighted by Crippen LogP contribution is -2.87. The van der Waals surface area contributed by atoms with Crippen LogP contribution >= 0.6 is 0 Å². The summed E-state index contributed by atoms with van der Waals surface area (Å²) in [6.45, 7) is 9.51. The molecule has 0 aromatic heterocycles. The van der Waals surface area contributed by atoms with E-state index >= 15 is 0 Å². The highest BCUT2D eigenvalue weighted by Gasteiger charge is 2.63. The Labute approximate surface area is 225 Å². The van der Waals surface area contributed by atoms with Crippen LogP contribution in [-0.2, 0) is 12.4 Å². The van der Waals surface area contributed by atoms with Gasteiger partial charge >= 0.3 is 12.4 Å². The van der Waals surface area contributed by atoms with Gasteiger partial charge in [0, 0.05) is 0 Å². The lowest BCUT2D eigenvalue weighted by atomic mass is 9.90. The lowest BCUT2D eigenvalue weighted by molar-refractivity contribution is -0.143. The fourth-order valence-corrected chi connectivity index (χ4v) is 16.1. The molecule has 1 fully saturated rings. The number of rotatable bonds is 6. The van der Waals surface area contributed by atoms with Gasteiger partial charge in [0.1, 0.15) is 15.9 Å². The quantitative estimate of drug-likeness (QED) is 0.270. The number of amides is 2. The molecule has 0 bridgehead atoms. The number of fused-ring (bicyclic) bond motifs is 1. The molecule has 13 heteroatoms. The molecule has 2 aromatic carbocycles. The molecule has 39 heavy (non-hydrogen) atoms. The number of hydrogen-bond acceptors (Lipinski definition) is 2. The average Bonchev–Trinajstić information content (AvgIpc) is 3.18. The number of carbonyl (C=O) groups is 2. The third kappa shape index (κ3) is 5.22. The van der Waals surface area contributed by atoms with Gasteiger partial charge in [0.2, 0.25) is 0 Å². The van der Waals surface area contributed by atoms with Crippen molar-refractivity contribution in [2.75, 3.05) is 0 Å². The molecule has 1 saturated heterocycles. The third-order valence-corrected chi connectivity index (χ3v) is 17.9. The van der Waals surface area contributed by atoms with Crippen LogP contribution in [0.4, 0.5) is 35.9 Å². The van der Waals surface area contributed by atoms with Crippen molar-refractivity contribution in [3.05, 3.63) is 64.2 Å². The molecule has 2 aromatic rings. The van der Waals surface area contributed by atoms with Gasteiger partial charge in [-0.2, -0.15) is 26.3 Å². The molecule has 2 amide bonds. The van der Waals surface area contributed by atoms with E-state index < -0.39 is 45.4 Å². The molecule has 0 radical (unpaired) electrons. The molecule has 1 heterocycles. The number of nitrogens with one attached hydrogen (secondary N) is 2. The molecule has 0 saturated carbocycles. The summed E-state index contributed by atoms with van der Waals surface area (Å²) in [4.78, 5) is 25.9. The molecule has 1 unspecified atom stereocenters. The molecular weight excluding hydrogens is 553 g/mol. The summed E-state index contributed by atoms with van der Waals surface area (Å²) in [6, 6.07) is 5.47.